The molecule has 1 aromatic heterocycles. The highest BCUT2D eigenvalue weighted by molar-refractivity contribution is 5.75. The van der Waals surface area contributed by atoms with Gasteiger partial charge in [0.05, 0.1) is 38.9 Å². The maximum absolute atomic E-state index is 12.8. The highest BCUT2D eigenvalue weighted by atomic mass is 16.5. The molecule has 7 nitrogen and oxygen atoms in total. The van der Waals surface area contributed by atoms with Gasteiger partial charge in [0.1, 0.15) is 22.9 Å². The molecule has 0 spiro atoms. The minimum absolute atomic E-state index is 0.0939. The largest absolute Gasteiger partial charge is 0.618 e. The molecule has 0 bridgehead atoms. The van der Waals surface area contributed by atoms with Gasteiger partial charge in [0.25, 0.3) is 0 Å². The quantitative estimate of drug-likeness (QED) is 0.645. The van der Waals surface area contributed by atoms with Crippen molar-refractivity contribution in [2.45, 2.75) is 25.3 Å². The zero-order valence-corrected chi connectivity index (χ0v) is 16.2. The third-order valence-corrected chi connectivity index (χ3v) is 5.59. The smallest absolute Gasteiger partial charge is 0.204 e. The molecule has 0 radical (unpaired) electrons. The molecule has 28 heavy (non-hydrogen) atoms. The maximum Gasteiger partial charge on any atom is 0.204 e. The van der Waals surface area contributed by atoms with Crippen LogP contribution >= 0.6 is 0 Å². The van der Waals surface area contributed by atoms with Gasteiger partial charge >= 0.3 is 0 Å². The van der Waals surface area contributed by atoms with Crippen molar-refractivity contribution in [3.05, 3.63) is 52.5 Å². The first-order chi connectivity index (χ1) is 13.6. The van der Waals surface area contributed by atoms with E-state index in [2.05, 4.69) is 0 Å². The predicted molar refractivity (Wildman–Crippen MR) is 105 cm³/mol. The molecule has 2 heterocycles. The number of hydrogen-bond donors (Lipinski definition) is 1. The van der Waals surface area contributed by atoms with Gasteiger partial charge in [0.2, 0.25) is 6.21 Å². The standard InChI is InChI=1S/C21H24N2O5/c1-26-14-10-17(27-2)20(18(11-14)28-3)21-15-6-4-5-7-16(15)22(25)12-13-8-9-19(24)23(13)21/h7-12,15,21,24H,4-6H2,1-3H3. The fourth-order valence-corrected chi connectivity index (χ4v) is 4.35. The Balaban J connectivity index is 2.02. The van der Waals surface area contributed by atoms with Crippen LogP contribution in [-0.2, 0) is 0 Å². The number of rotatable bonds is 4. The first kappa shape index (κ1) is 18.3. The van der Waals surface area contributed by atoms with Gasteiger partial charge in [-0.3, -0.25) is 4.57 Å². The van der Waals surface area contributed by atoms with Gasteiger partial charge in [-0.1, -0.05) is 0 Å². The Hall–Kier alpha value is -3.09. The third kappa shape index (κ3) is 2.78. The number of fused-ring (bicyclic) bond motifs is 2. The topological polar surface area (TPSA) is 78.9 Å². The fraction of sp³-hybridized carbons (Fsp3) is 0.381. The predicted octanol–water partition coefficient (Wildman–Crippen LogP) is 3.44. The summed E-state index contributed by atoms with van der Waals surface area (Å²) in [5.74, 6) is 1.75. The Labute approximate surface area is 163 Å². The molecule has 0 amide bonds. The molecule has 1 aliphatic heterocycles. The molecule has 4 rings (SSSR count). The summed E-state index contributed by atoms with van der Waals surface area (Å²) >= 11 is 0. The molecule has 1 N–H and O–H groups in total. The number of hydroxylamine groups is 1. The van der Waals surface area contributed by atoms with Crippen LogP contribution < -0.4 is 14.2 Å². The summed E-state index contributed by atoms with van der Waals surface area (Å²) in [7, 11) is 4.77. The van der Waals surface area contributed by atoms with Crippen molar-refractivity contribution in [2.75, 3.05) is 21.3 Å². The van der Waals surface area contributed by atoms with Gasteiger partial charge in [0, 0.05) is 18.2 Å². The van der Waals surface area contributed by atoms with Gasteiger partial charge in [-0.05, 0) is 31.4 Å². The summed E-state index contributed by atoms with van der Waals surface area (Å²) in [6, 6.07) is 6.59. The Bertz CT molecular complexity index is 935. The second-order valence-corrected chi connectivity index (χ2v) is 7.00. The number of aromatic nitrogens is 1. The SMILES string of the molecule is COc1cc(OC)c(C2C3CCCC=C3[N+]([O-])=Cc3ccc(O)n32)c(OC)c1. The van der Waals surface area contributed by atoms with Gasteiger partial charge in [-0.15, -0.1) is 0 Å². The lowest BCUT2D eigenvalue weighted by atomic mass is 9.82. The zero-order chi connectivity index (χ0) is 19.8. The first-order valence-corrected chi connectivity index (χ1v) is 9.30. The van der Waals surface area contributed by atoms with Crippen LogP contribution in [0.2, 0.25) is 0 Å². The van der Waals surface area contributed by atoms with E-state index in [1.165, 1.54) is 6.21 Å². The molecule has 1 aromatic carbocycles. The summed E-state index contributed by atoms with van der Waals surface area (Å²) < 4.78 is 19.5. The van der Waals surface area contributed by atoms with Crippen molar-refractivity contribution in [3.63, 3.8) is 0 Å². The highest BCUT2D eigenvalue weighted by Gasteiger charge is 2.41. The normalized spacial score (nSPS) is 21.0. The van der Waals surface area contributed by atoms with Crippen LogP contribution in [0.5, 0.6) is 23.1 Å². The summed E-state index contributed by atoms with van der Waals surface area (Å²) in [6.07, 6.45) is 6.17. The summed E-state index contributed by atoms with van der Waals surface area (Å²) in [6.45, 7) is 0. The molecule has 2 aromatic rings. The second-order valence-electron chi connectivity index (χ2n) is 7.00. The van der Waals surface area contributed by atoms with Crippen molar-refractivity contribution >= 4 is 6.21 Å². The number of methoxy groups -OCH3 is 3. The Morgan fingerprint density at radius 2 is 1.82 bits per heavy atom. The van der Waals surface area contributed by atoms with Crippen LogP contribution in [0.1, 0.15) is 36.6 Å². The van der Waals surface area contributed by atoms with E-state index >= 15 is 0 Å². The van der Waals surface area contributed by atoms with Crippen LogP contribution in [0.3, 0.4) is 0 Å². The average Bonchev–Trinajstić information content (AvgIpc) is 3.02. The number of ether oxygens (including phenoxy) is 3. The molecule has 2 atom stereocenters. The van der Waals surface area contributed by atoms with Crippen LogP contribution in [0.15, 0.2) is 36.0 Å². The van der Waals surface area contributed by atoms with E-state index in [4.69, 9.17) is 14.2 Å². The lowest BCUT2D eigenvalue weighted by molar-refractivity contribution is -0.406. The molecule has 148 valence electrons. The van der Waals surface area contributed by atoms with Crippen molar-refractivity contribution in [1.82, 2.24) is 4.57 Å². The van der Waals surface area contributed by atoms with Gasteiger partial charge in [-0.25, -0.2) is 0 Å². The molecular formula is C21H24N2O5. The molecule has 1 aliphatic carbocycles. The monoisotopic (exact) mass is 384 g/mol. The molecule has 2 unspecified atom stereocenters. The fourth-order valence-electron chi connectivity index (χ4n) is 4.35. The highest BCUT2D eigenvalue weighted by Crippen LogP contribution is 2.49. The molecular weight excluding hydrogens is 360 g/mol. The number of aromatic hydroxyl groups is 1. The third-order valence-electron chi connectivity index (χ3n) is 5.59. The minimum Gasteiger partial charge on any atom is -0.618 e. The van der Waals surface area contributed by atoms with E-state index < -0.39 is 0 Å². The van der Waals surface area contributed by atoms with E-state index in [0.717, 1.165) is 29.6 Å². The van der Waals surface area contributed by atoms with Crippen LogP contribution in [0.25, 0.3) is 0 Å². The number of benzene rings is 1. The van der Waals surface area contributed by atoms with E-state index in [-0.39, 0.29) is 17.8 Å². The Morgan fingerprint density at radius 1 is 1.11 bits per heavy atom. The van der Waals surface area contributed by atoms with Crippen molar-refractivity contribution in [1.29, 1.82) is 0 Å². The van der Waals surface area contributed by atoms with Crippen LogP contribution in [0, 0.1) is 11.1 Å². The second kappa shape index (κ2) is 7.14. The average molecular weight is 384 g/mol. The molecule has 2 aliphatic rings. The Morgan fingerprint density at radius 3 is 2.46 bits per heavy atom. The van der Waals surface area contributed by atoms with Gasteiger partial charge < -0.3 is 24.5 Å². The lowest BCUT2D eigenvalue weighted by Gasteiger charge is -2.32. The number of allylic oxidation sites excluding steroid dienone is 2. The van der Waals surface area contributed by atoms with Crippen LogP contribution in [-0.4, -0.2) is 42.0 Å². The lowest BCUT2D eigenvalue weighted by Crippen LogP contribution is -2.26. The summed E-state index contributed by atoms with van der Waals surface area (Å²) in [5, 5.41) is 23.5. The minimum atomic E-state index is -0.359. The van der Waals surface area contributed by atoms with Crippen LogP contribution in [0.4, 0.5) is 0 Å². The molecule has 0 fully saturated rings. The number of hydrogen-bond acceptors (Lipinski definition) is 5. The molecule has 0 saturated heterocycles. The maximum atomic E-state index is 12.8. The Kier molecular flexibility index (Phi) is 4.66. The summed E-state index contributed by atoms with van der Waals surface area (Å²) in [4.78, 5) is 0. The number of nitrogens with zero attached hydrogens (tertiary/aromatic N) is 2. The van der Waals surface area contributed by atoms with E-state index in [1.807, 2.05) is 6.08 Å². The van der Waals surface area contributed by atoms with Crippen molar-refractivity contribution in [3.8, 4) is 23.1 Å². The van der Waals surface area contributed by atoms with E-state index in [9.17, 15) is 10.3 Å². The zero-order valence-electron chi connectivity index (χ0n) is 16.2. The van der Waals surface area contributed by atoms with Crippen molar-refractivity contribution in [2.24, 2.45) is 5.92 Å². The van der Waals surface area contributed by atoms with Gasteiger partial charge in [0.15, 0.2) is 11.6 Å². The van der Waals surface area contributed by atoms with E-state index in [1.54, 1.807) is 50.2 Å². The van der Waals surface area contributed by atoms with E-state index in [0.29, 0.717) is 28.6 Å². The molecule has 7 heteroatoms. The first-order valence-electron chi connectivity index (χ1n) is 9.30. The molecule has 0 saturated carbocycles. The van der Waals surface area contributed by atoms with Gasteiger partial charge in [-0.2, -0.15) is 4.74 Å². The van der Waals surface area contributed by atoms with Crippen molar-refractivity contribution < 1.29 is 24.1 Å². The summed E-state index contributed by atoms with van der Waals surface area (Å²) in [5.41, 5.74) is 2.12.